The minimum Gasteiger partial charge on any atom is -0.298 e. The van der Waals surface area contributed by atoms with Crippen LogP contribution in [0.15, 0.2) is 18.3 Å². The quantitative estimate of drug-likeness (QED) is 0.720. The van der Waals surface area contributed by atoms with Crippen molar-refractivity contribution in [3.05, 3.63) is 39.7 Å². The molecule has 0 radical (unpaired) electrons. The molecule has 130 valence electrons. The van der Waals surface area contributed by atoms with Gasteiger partial charge >= 0.3 is 0 Å². The Morgan fingerprint density at radius 2 is 1.92 bits per heavy atom. The number of hydrogen-bond donors (Lipinski definition) is 0. The summed E-state index contributed by atoms with van der Waals surface area (Å²) in [6, 6.07) is 3.98. The molecule has 0 unspecified atom stereocenters. The third-order valence-electron chi connectivity index (χ3n) is 5.25. The highest BCUT2D eigenvalue weighted by atomic mass is 32.1. The first-order valence-electron chi connectivity index (χ1n) is 9.12. The summed E-state index contributed by atoms with van der Waals surface area (Å²) in [6.45, 7) is 5.25. The average Bonchev–Trinajstić information content (AvgIpc) is 3.23. The van der Waals surface area contributed by atoms with Gasteiger partial charge in [-0.25, -0.2) is 4.98 Å². The van der Waals surface area contributed by atoms with Gasteiger partial charge < -0.3 is 0 Å². The molecule has 1 saturated heterocycles. The van der Waals surface area contributed by atoms with Gasteiger partial charge in [-0.05, 0) is 57.8 Å². The molecule has 5 rings (SSSR count). The lowest BCUT2D eigenvalue weighted by Crippen LogP contribution is -2.32. The van der Waals surface area contributed by atoms with Crippen molar-refractivity contribution in [2.75, 3.05) is 13.1 Å². The molecule has 2 fully saturated rings. The van der Waals surface area contributed by atoms with Crippen LogP contribution in [0.4, 0.5) is 0 Å². The highest BCUT2D eigenvalue weighted by molar-refractivity contribution is 7.11. The highest BCUT2D eigenvalue weighted by Gasteiger charge is 2.28. The maximum absolute atomic E-state index is 4.60. The van der Waals surface area contributed by atoms with E-state index in [1.165, 1.54) is 22.7 Å². The van der Waals surface area contributed by atoms with Crippen LogP contribution in [0.1, 0.15) is 58.9 Å². The van der Waals surface area contributed by atoms with E-state index < -0.39 is 0 Å². The first-order valence-corrected chi connectivity index (χ1v) is 9.94. The van der Waals surface area contributed by atoms with Crippen molar-refractivity contribution < 1.29 is 0 Å². The van der Waals surface area contributed by atoms with E-state index in [0.29, 0.717) is 5.92 Å². The van der Waals surface area contributed by atoms with E-state index in [9.17, 15) is 0 Å². The van der Waals surface area contributed by atoms with Crippen LogP contribution in [-0.4, -0.2) is 42.8 Å². The van der Waals surface area contributed by atoms with Gasteiger partial charge in [0.25, 0.3) is 0 Å². The van der Waals surface area contributed by atoms with Crippen LogP contribution in [0.3, 0.4) is 0 Å². The van der Waals surface area contributed by atoms with E-state index in [4.69, 9.17) is 0 Å². The van der Waals surface area contributed by atoms with Crippen LogP contribution in [0.25, 0.3) is 5.65 Å². The van der Waals surface area contributed by atoms with Crippen LogP contribution < -0.4 is 0 Å². The van der Waals surface area contributed by atoms with E-state index in [1.54, 1.807) is 0 Å². The van der Waals surface area contributed by atoms with Crippen molar-refractivity contribution in [3.8, 4) is 0 Å². The Bertz CT molecular complexity index is 888. The van der Waals surface area contributed by atoms with E-state index in [-0.39, 0.29) is 0 Å². The number of thiazole rings is 1. The van der Waals surface area contributed by atoms with Crippen molar-refractivity contribution >= 4 is 17.0 Å². The number of fused-ring (bicyclic) bond motifs is 1. The minimum atomic E-state index is 0.448. The van der Waals surface area contributed by atoms with Gasteiger partial charge in [0.05, 0.1) is 10.7 Å². The molecule has 25 heavy (non-hydrogen) atoms. The molecular weight excluding hydrogens is 332 g/mol. The second-order valence-corrected chi connectivity index (χ2v) is 8.44. The Labute approximate surface area is 150 Å². The molecule has 0 amide bonds. The molecule has 3 aromatic heterocycles. The number of hydrogen-bond acceptors (Lipinski definition) is 6. The van der Waals surface area contributed by atoms with Gasteiger partial charge in [-0.3, -0.25) is 4.90 Å². The Morgan fingerprint density at radius 1 is 1.08 bits per heavy atom. The van der Waals surface area contributed by atoms with Crippen molar-refractivity contribution in [2.45, 2.75) is 51.0 Å². The Kier molecular flexibility index (Phi) is 3.78. The normalized spacial score (nSPS) is 19.7. The van der Waals surface area contributed by atoms with Gasteiger partial charge in [-0.1, -0.05) is 0 Å². The minimum absolute atomic E-state index is 0.448. The summed E-state index contributed by atoms with van der Waals surface area (Å²) in [5.74, 6) is 2.23. The van der Waals surface area contributed by atoms with Crippen molar-refractivity contribution in [1.82, 2.24) is 29.7 Å². The van der Waals surface area contributed by atoms with Crippen LogP contribution >= 0.6 is 11.3 Å². The van der Waals surface area contributed by atoms with Crippen LogP contribution in [0.5, 0.6) is 0 Å². The van der Waals surface area contributed by atoms with Gasteiger partial charge in [0.2, 0.25) is 0 Å². The average molecular weight is 354 g/mol. The van der Waals surface area contributed by atoms with E-state index in [2.05, 4.69) is 31.4 Å². The zero-order valence-electron chi connectivity index (χ0n) is 14.4. The fraction of sp³-hybridized carbons (Fsp3) is 0.556. The third-order valence-corrected chi connectivity index (χ3v) is 6.40. The van der Waals surface area contributed by atoms with Crippen molar-refractivity contribution in [3.63, 3.8) is 0 Å². The molecule has 0 aromatic carbocycles. The number of nitrogens with zero attached hydrogens (tertiary/aromatic N) is 6. The molecule has 0 bridgehead atoms. The molecule has 1 saturated carbocycles. The van der Waals surface area contributed by atoms with E-state index in [1.807, 2.05) is 34.9 Å². The van der Waals surface area contributed by atoms with Crippen LogP contribution in [0.2, 0.25) is 0 Å². The van der Waals surface area contributed by atoms with Gasteiger partial charge in [0.15, 0.2) is 11.5 Å². The standard InChI is InChI=1S/C18H22N6S/c1-12-2-5-16-20-21-17(24(16)22-12)13-6-8-23(9-7-13)11-15-10-19-18(25-15)14-3-4-14/h2,5,10,13-14H,3-4,6-9,11H2,1H3. The van der Waals surface area contributed by atoms with Crippen LogP contribution in [-0.2, 0) is 6.54 Å². The predicted molar refractivity (Wildman–Crippen MR) is 96.9 cm³/mol. The summed E-state index contributed by atoms with van der Waals surface area (Å²) < 4.78 is 1.93. The van der Waals surface area contributed by atoms with Gasteiger partial charge in [0, 0.05) is 29.5 Å². The third kappa shape index (κ3) is 3.06. The molecule has 4 heterocycles. The maximum atomic E-state index is 4.60. The second kappa shape index (κ2) is 6.14. The Morgan fingerprint density at radius 3 is 2.72 bits per heavy atom. The Balaban J connectivity index is 1.25. The Hall–Kier alpha value is -1.86. The number of rotatable bonds is 4. The molecule has 3 aromatic rings. The molecule has 0 N–H and O–H groups in total. The fourth-order valence-electron chi connectivity index (χ4n) is 3.64. The smallest absolute Gasteiger partial charge is 0.177 e. The predicted octanol–water partition coefficient (Wildman–Crippen LogP) is 3.15. The summed E-state index contributed by atoms with van der Waals surface area (Å²) in [5, 5.41) is 14.6. The molecule has 7 heteroatoms. The second-order valence-electron chi connectivity index (χ2n) is 7.29. The summed E-state index contributed by atoms with van der Waals surface area (Å²) >= 11 is 1.91. The summed E-state index contributed by atoms with van der Waals surface area (Å²) in [5.41, 5.74) is 1.85. The summed E-state index contributed by atoms with van der Waals surface area (Å²) in [6.07, 6.45) is 6.98. The maximum Gasteiger partial charge on any atom is 0.177 e. The van der Waals surface area contributed by atoms with Crippen LogP contribution in [0, 0.1) is 6.92 Å². The highest BCUT2D eigenvalue weighted by Crippen LogP contribution is 2.42. The van der Waals surface area contributed by atoms with E-state index in [0.717, 1.165) is 55.6 Å². The van der Waals surface area contributed by atoms with Crippen molar-refractivity contribution in [2.24, 2.45) is 0 Å². The summed E-state index contributed by atoms with van der Waals surface area (Å²) in [7, 11) is 0. The number of likely N-dealkylation sites (tertiary alicyclic amines) is 1. The molecule has 0 spiro atoms. The molecular formula is C18H22N6S. The molecule has 2 aliphatic rings. The van der Waals surface area contributed by atoms with Gasteiger partial charge in [-0.2, -0.15) is 9.61 Å². The van der Waals surface area contributed by atoms with Gasteiger partial charge in [-0.15, -0.1) is 21.5 Å². The lowest BCUT2D eigenvalue weighted by atomic mass is 9.96. The molecule has 1 aliphatic carbocycles. The zero-order valence-corrected chi connectivity index (χ0v) is 15.2. The summed E-state index contributed by atoms with van der Waals surface area (Å²) in [4.78, 5) is 8.56. The van der Waals surface area contributed by atoms with Gasteiger partial charge in [0.1, 0.15) is 0 Å². The SMILES string of the molecule is Cc1ccc2nnc(C3CCN(Cc4cnc(C5CC5)s4)CC3)n2n1. The zero-order chi connectivity index (χ0) is 16.8. The number of piperidine rings is 1. The molecule has 1 aliphatic heterocycles. The molecule has 6 nitrogen and oxygen atoms in total. The number of aryl methyl sites for hydroxylation is 1. The lowest BCUT2D eigenvalue weighted by Gasteiger charge is -2.30. The topological polar surface area (TPSA) is 59.2 Å². The van der Waals surface area contributed by atoms with E-state index >= 15 is 0 Å². The number of aromatic nitrogens is 5. The molecule has 0 atom stereocenters. The first-order chi connectivity index (χ1) is 12.3. The monoisotopic (exact) mass is 354 g/mol. The first kappa shape index (κ1) is 15.4. The largest absolute Gasteiger partial charge is 0.298 e. The van der Waals surface area contributed by atoms with Crippen molar-refractivity contribution in [1.29, 1.82) is 0 Å². The lowest BCUT2D eigenvalue weighted by molar-refractivity contribution is 0.202. The fourth-order valence-corrected chi connectivity index (χ4v) is 4.77.